The zero-order chi connectivity index (χ0) is 19.9. The lowest BCUT2D eigenvalue weighted by Crippen LogP contribution is -2.29. The van der Waals surface area contributed by atoms with E-state index in [4.69, 9.17) is 10.2 Å². The van der Waals surface area contributed by atoms with Gasteiger partial charge in [0.1, 0.15) is 11.4 Å². The van der Waals surface area contributed by atoms with E-state index < -0.39 is 0 Å². The summed E-state index contributed by atoms with van der Waals surface area (Å²) in [6, 6.07) is 19.6. The van der Waals surface area contributed by atoms with Crippen LogP contribution in [0.4, 0.5) is 0 Å². The molecule has 0 spiro atoms. The zero-order valence-electron chi connectivity index (χ0n) is 17.5. The molecular formula is C25H32N4. The lowest BCUT2D eigenvalue weighted by molar-refractivity contribution is 0.387. The molecule has 0 unspecified atom stereocenters. The fourth-order valence-corrected chi connectivity index (χ4v) is 4.15. The van der Waals surface area contributed by atoms with Crippen LogP contribution in [0.2, 0.25) is 0 Å². The average molecular weight is 389 g/mol. The Morgan fingerprint density at radius 2 is 1.55 bits per heavy atom. The Kier molecular flexibility index (Phi) is 6.73. The molecule has 4 heteroatoms. The van der Waals surface area contributed by atoms with Crippen LogP contribution in [0.25, 0.3) is 11.3 Å². The van der Waals surface area contributed by atoms with E-state index in [-0.39, 0.29) is 0 Å². The van der Waals surface area contributed by atoms with Crippen LogP contribution in [0, 0.1) is 6.92 Å². The number of nitrogens with one attached hydrogen (secondary N) is 1. The highest BCUT2D eigenvalue weighted by Gasteiger charge is 2.16. The molecule has 0 saturated heterocycles. The Morgan fingerprint density at radius 1 is 0.862 bits per heavy atom. The SMILES string of the molecule is Cc1ccc(Cn2nc(CNC3CCCCCCC3)c(-c3ccccc3)n2)cc1. The average Bonchev–Trinajstić information content (AvgIpc) is 3.12. The molecular weight excluding hydrogens is 356 g/mol. The molecule has 0 bridgehead atoms. The maximum absolute atomic E-state index is 4.87. The van der Waals surface area contributed by atoms with Crippen molar-refractivity contribution in [3.8, 4) is 11.3 Å². The van der Waals surface area contributed by atoms with Crippen molar-refractivity contribution < 1.29 is 0 Å². The smallest absolute Gasteiger partial charge is 0.117 e. The van der Waals surface area contributed by atoms with E-state index in [9.17, 15) is 0 Å². The van der Waals surface area contributed by atoms with Gasteiger partial charge in [0.25, 0.3) is 0 Å². The lowest BCUT2D eigenvalue weighted by atomic mass is 9.96. The zero-order valence-corrected chi connectivity index (χ0v) is 17.5. The number of hydrogen-bond donors (Lipinski definition) is 1. The van der Waals surface area contributed by atoms with Gasteiger partial charge in [0.15, 0.2) is 0 Å². The van der Waals surface area contributed by atoms with Crippen molar-refractivity contribution in [3.63, 3.8) is 0 Å². The van der Waals surface area contributed by atoms with E-state index >= 15 is 0 Å². The molecule has 1 fully saturated rings. The van der Waals surface area contributed by atoms with Crippen molar-refractivity contribution in [2.75, 3.05) is 0 Å². The van der Waals surface area contributed by atoms with E-state index in [1.165, 1.54) is 56.1 Å². The van der Waals surface area contributed by atoms with Crippen LogP contribution in [0.15, 0.2) is 54.6 Å². The third-order valence-electron chi connectivity index (χ3n) is 5.88. The predicted octanol–water partition coefficient (Wildman–Crippen LogP) is 5.50. The van der Waals surface area contributed by atoms with Gasteiger partial charge in [0.2, 0.25) is 0 Å². The van der Waals surface area contributed by atoms with Gasteiger partial charge in [-0.3, -0.25) is 0 Å². The van der Waals surface area contributed by atoms with Crippen molar-refractivity contribution in [3.05, 3.63) is 71.4 Å². The molecule has 3 aromatic rings. The lowest BCUT2D eigenvalue weighted by Gasteiger charge is -2.20. The maximum atomic E-state index is 4.87. The van der Waals surface area contributed by atoms with Crippen LogP contribution >= 0.6 is 0 Å². The van der Waals surface area contributed by atoms with Crippen molar-refractivity contribution in [1.29, 1.82) is 0 Å². The Bertz CT molecular complexity index is 875. The second-order valence-corrected chi connectivity index (χ2v) is 8.30. The highest BCUT2D eigenvalue weighted by Crippen LogP contribution is 2.22. The minimum absolute atomic E-state index is 0.598. The van der Waals surface area contributed by atoms with E-state index in [1.54, 1.807) is 0 Å². The molecule has 2 aromatic carbocycles. The summed E-state index contributed by atoms with van der Waals surface area (Å²) in [6.07, 6.45) is 9.38. The van der Waals surface area contributed by atoms with Gasteiger partial charge in [-0.15, -0.1) is 0 Å². The van der Waals surface area contributed by atoms with Gasteiger partial charge in [-0.2, -0.15) is 15.0 Å². The van der Waals surface area contributed by atoms with Gasteiger partial charge in [0.05, 0.1) is 6.54 Å². The van der Waals surface area contributed by atoms with Crippen LogP contribution in [0.3, 0.4) is 0 Å². The number of benzene rings is 2. The molecule has 152 valence electrons. The standard InChI is InChI=1S/C25H32N4/c1-20-14-16-21(17-15-20)19-29-27-24(25(28-29)22-10-6-5-7-11-22)18-26-23-12-8-3-2-4-9-13-23/h5-7,10-11,14-17,23,26H,2-4,8-9,12-13,18-19H2,1H3. The Balaban J connectivity index is 1.52. The normalized spacial score (nSPS) is 15.8. The van der Waals surface area contributed by atoms with Gasteiger partial charge in [-0.05, 0) is 25.3 Å². The monoisotopic (exact) mass is 388 g/mol. The fraction of sp³-hybridized carbons (Fsp3) is 0.440. The number of nitrogens with zero attached hydrogens (tertiary/aromatic N) is 3. The molecule has 1 aliphatic rings. The van der Waals surface area contributed by atoms with Gasteiger partial charge >= 0.3 is 0 Å². The number of aryl methyl sites for hydroxylation is 1. The second-order valence-electron chi connectivity index (χ2n) is 8.30. The quantitative estimate of drug-likeness (QED) is 0.606. The first-order chi connectivity index (χ1) is 14.3. The highest BCUT2D eigenvalue weighted by molar-refractivity contribution is 5.60. The molecule has 29 heavy (non-hydrogen) atoms. The summed E-state index contributed by atoms with van der Waals surface area (Å²) < 4.78 is 0. The topological polar surface area (TPSA) is 42.7 Å². The third-order valence-corrected chi connectivity index (χ3v) is 5.88. The predicted molar refractivity (Wildman–Crippen MR) is 119 cm³/mol. The van der Waals surface area contributed by atoms with Gasteiger partial charge in [0, 0.05) is 18.2 Å². The largest absolute Gasteiger partial charge is 0.308 e. The van der Waals surface area contributed by atoms with Crippen LogP contribution in [0.1, 0.15) is 61.8 Å². The molecule has 0 atom stereocenters. The van der Waals surface area contributed by atoms with Crippen molar-refractivity contribution >= 4 is 0 Å². The number of hydrogen-bond acceptors (Lipinski definition) is 3. The second kappa shape index (κ2) is 9.84. The molecule has 4 nitrogen and oxygen atoms in total. The summed E-state index contributed by atoms with van der Waals surface area (Å²) in [5.41, 5.74) is 5.68. The molecule has 1 aliphatic carbocycles. The third kappa shape index (κ3) is 5.54. The fourth-order valence-electron chi connectivity index (χ4n) is 4.15. The Hall–Kier alpha value is -2.46. The Morgan fingerprint density at radius 3 is 2.28 bits per heavy atom. The summed E-state index contributed by atoms with van der Waals surface area (Å²) in [6.45, 7) is 3.59. The first-order valence-electron chi connectivity index (χ1n) is 11.1. The molecule has 1 heterocycles. The summed E-state index contributed by atoms with van der Waals surface area (Å²) >= 11 is 0. The summed E-state index contributed by atoms with van der Waals surface area (Å²) in [5, 5.41) is 13.5. The van der Waals surface area contributed by atoms with Crippen molar-refractivity contribution in [2.45, 2.75) is 71.0 Å². The number of aromatic nitrogens is 3. The summed E-state index contributed by atoms with van der Waals surface area (Å²) in [5.74, 6) is 0. The number of rotatable bonds is 6. The molecule has 1 saturated carbocycles. The van der Waals surface area contributed by atoms with Crippen molar-refractivity contribution in [1.82, 2.24) is 20.3 Å². The van der Waals surface area contributed by atoms with Crippen LogP contribution in [-0.4, -0.2) is 21.0 Å². The van der Waals surface area contributed by atoms with Gasteiger partial charge in [-0.1, -0.05) is 92.3 Å². The van der Waals surface area contributed by atoms with Gasteiger partial charge in [-0.25, -0.2) is 0 Å². The minimum Gasteiger partial charge on any atom is -0.308 e. The van der Waals surface area contributed by atoms with E-state index in [2.05, 4.69) is 60.8 Å². The van der Waals surface area contributed by atoms with E-state index in [1.807, 2.05) is 10.9 Å². The highest BCUT2D eigenvalue weighted by atomic mass is 15.5. The molecule has 0 amide bonds. The molecule has 1 aromatic heterocycles. The van der Waals surface area contributed by atoms with Crippen molar-refractivity contribution in [2.24, 2.45) is 0 Å². The first-order valence-corrected chi connectivity index (χ1v) is 11.1. The summed E-state index contributed by atoms with van der Waals surface area (Å²) in [4.78, 5) is 1.85. The van der Waals surface area contributed by atoms with E-state index in [0.29, 0.717) is 12.6 Å². The maximum Gasteiger partial charge on any atom is 0.117 e. The molecule has 1 N–H and O–H groups in total. The van der Waals surface area contributed by atoms with E-state index in [0.717, 1.165) is 23.5 Å². The van der Waals surface area contributed by atoms with Crippen LogP contribution in [0.5, 0.6) is 0 Å². The minimum atomic E-state index is 0.598. The first kappa shape index (κ1) is 19.8. The van der Waals surface area contributed by atoms with Gasteiger partial charge < -0.3 is 5.32 Å². The molecule has 0 aliphatic heterocycles. The molecule has 0 radical (unpaired) electrons. The van der Waals surface area contributed by atoms with Crippen LogP contribution in [-0.2, 0) is 13.1 Å². The Labute approximate surface area is 174 Å². The molecule has 4 rings (SSSR count). The van der Waals surface area contributed by atoms with Crippen LogP contribution < -0.4 is 5.32 Å². The summed E-state index contributed by atoms with van der Waals surface area (Å²) in [7, 11) is 0.